The number of ether oxygens (including phenoxy) is 1. The van der Waals surface area contributed by atoms with Crippen molar-refractivity contribution in [3.63, 3.8) is 0 Å². The molecule has 2 rings (SSSR count). The number of nitrogens with zero attached hydrogens (tertiary/aromatic N) is 2. The lowest BCUT2D eigenvalue weighted by molar-refractivity contribution is -0.115. The number of hydrogen-bond donors (Lipinski definition) is 1. The maximum atomic E-state index is 12.5. The molecule has 0 bridgehead atoms. The summed E-state index contributed by atoms with van der Waals surface area (Å²) in [6.45, 7) is 7.46. The molecule has 1 atom stereocenters. The third-order valence-corrected chi connectivity index (χ3v) is 4.77. The minimum Gasteiger partial charge on any atom is -0.495 e. The molecule has 0 aliphatic rings. The molecule has 0 fully saturated rings. The number of rotatable bonds is 5. The minimum atomic E-state index is -0.320. The fraction of sp³-hybridized carbons (Fsp3) is 0.353. The van der Waals surface area contributed by atoms with Crippen LogP contribution < -0.4 is 10.1 Å². The highest BCUT2D eigenvalue weighted by atomic mass is 35.5. The number of aromatic nitrogens is 2. The van der Waals surface area contributed by atoms with E-state index >= 15 is 0 Å². The number of benzene rings is 1. The van der Waals surface area contributed by atoms with Gasteiger partial charge in [0.15, 0.2) is 0 Å². The van der Waals surface area contributed by atoms with Crippen LogP contribution in [0.25, 0.3) is 0 Å². The van der Waals surface area contributed by atoms with Gasteiger partial charge >= 0.3 is 0 Å². The molecule has 7 heteroatoms. The standard InChI is InChI=1S/C17H20ClN3O2S/c1-9-6-14(15(23-5)8-13(9)18)21-17(22)11(3)24-16-7-10(2)19-12(4)20-16/h6-8,11H,1-5H3,(H,21,22). The second-order valence-electron chi connectivity index (χ2n) is 5.45. The van der Waals surface area contributed by atoms with E-state index in [-0.39, 0.29) is 11.2 Å². The first-order valence-corrected chi connectivity index (χ1v) is 8.70. The first-order valence-electron chi connectivity index (χ1n) is 7.44. The average Bonchev–Trinajstić information content (AvgIpc) is 2.49. The summed E-state index contributed by atoms with van der Waals surface area (Å²) in [7, 11) is 1.54. The molecule has 1 aromatic heterocycles. The minimum absolute atomic E-state index is 0.131. The fourth-order valence-corrected chi connectivity index (χ4v) is 3.25. The van der Waals surface area contributed by atoms with E-state index in [1.807, 2.05) is 33.8 Å². The Bertz CT molecular complexity index is 747. The highest BCUT2D eigenvalue weighted by molar-refractivity contribution is 8.00. The molecule has 1 heterocycles. The third kappa shape index (κ3) is 4.61. The van der Waals surface area contributed by atoms with E-state index in [9.17, 15) is 4.79 Å². The summed E-state index contributed by atoms with van der Waals surface area (Å²) in [4.78, 5) is 21.1. The third-order valence-electron chi connectivity index (χ3n) is 3.35. The Kier molecular flexibility index (Phi) is 6.07. The van der Waals surface area contributed by atoms with Crippen LogP contribution in [0.1, 0.15) is 24.0 Å². The van der Waals surface area contributed by atoms with Gasteiger partial charge in [-0.2, -0.15) is 0 Å². The lowest BCUT2D eigenvalue weighted by Crippen LogP contribution is -2.23. The number of carbonyl (C=O) groups excluding carboxylic acids is 1. The summed E-state index contributed by atoms with van der Waals surface area (Å²) < 4.78 is 5.28. The highest BCUT2D eigenvalue weighted by Crippen LogP contribution is 2.32. The first kappa shape index (κ1) is 18.5. The van der Waals surface area contributed by atoms with Crippen molar-refractivity contribution in [2.24, 2.45) is 0 Å². The Balaban J connectivity index is 2.13. The topological polar surface area (TPSA) is 64.1 Å². The van der Waals surface area contributed by atoms with E-state index in [0.717, 1.165) is 16.3 Å². The molecule has 0 spiro atoms. The van der Waals surface area contributed by atoms with Crippen LogP contribution in [0, 0.1) is 20.8 Å². The van der Waals surface area contributed by atoms with Crippen molar-refractivity contribution in [1.82, 2.24) is 9.97 Å². The van der Waals surface area contributed by atoms with Crippen LogP contribution in [0.3, 0.4) is 0 Å². The predicted octanol–water partition coefficient (Wildman–Crippen LogP) is 4.18. The van der Waals surface area contributed by atoms with E-state index in [0.29, 0.717) is 22.3 Å². The van der Waals surface area contributed by atoms with Crippen molar-refractivity contribution < 1.29 is 9.53 Å². The van der Waals surface area contributed by atoms with Gasteiger partial charge in [-0.3, -0.25) is 4.79 Å². The Hall–Kier alpha value is -1.79. The van der Waals surface area contributed by atoms with Crippen molar-refractivity contribution in [2.75, 3.05) is 12.4 Å². The van der Waals surface area contributed by atoms with E-state index in [4.69, 9.17) is 16.3 Å². The normalized spacial score (nSPS) is 11.9. The van der Waals surface area contributed by atoms with E-state index < -0.39 is 0 Å². The molecular weight excluding hydrogens is 346 g/mol. The summed E-state index contributed by atoms with van der Waals surface area (Å²) in [6.07, 6.45) is 0. The van der Waals surface area contributed by atoms with E-state index in [2.05, 4.69) is 15.3 Å². The van der Waals surface area contributed by atoms with Crippen molar-refractivity contribution in [1.29, 1.82) is 0 Å². The maximum Gasteiger partial charge on any atom is 0.237 e. The van der Waals surface area contributed by atoms with Gasteiger partial charge in [0.25, 0.3) is 0 Å². The van der Waals surface area contributed by atoms with Crippen LogP contribution in [0.2, 0.25) is 5.02 Å². The van der Waals surface area contributed by atoms with Crippen molar-refractivity contribution in [2.45, 2.75) is 38.0 Å². The quantitative estimate of drug-likeness (QED) is 0.636. The number of amides is 1. The van der Waals surface area contributed by atoms with Gasteiger partial charge in [-0.15, -0.1) is 0 Å². The van der Waals surface area contributed by atoms with E-state index in [1.165, 1.54) is 11.8 Å². The zero-order chi connectivity index (χ0) is 17.9. The van der Waals surface area contributed by atoms with Crippen molar-refractivity contribution in [3.8, 4) is 5.75 Å². The van der Waals surface area contributed by atoms with Crippen LogP contribution in [-0.4, -0.2) is 28.2 Å². The molecule has 0 aliphatic carbocycles. The van der Waals surface area contributed by atoms with Gasteiger partial charge in [0.05, 0.1) is 18.0 Å². The number of halogens is 1. The largest absolute Gasteiger partial charge is 0.495 e. The molecule has 1 unspecified atom stereocenters. The van der Waals surface area contributed by atoms with Crippen LogP contribution in [-0.2, 0) is 4.79 Å². The van der Waals surface area contributed by atoms with Gasteiger partial charge in [0.1, 0.15) is 16.6 Å². The summed E-state index contributed by atoms with van der Waals surface area (Å²) in [5, 5.41) is 3.95. The van der Waals surface area contributed by atoms with Crippen LogP contribution in [0.5, 0.6) is 5.75 Å². The molecule has 2 aromatic rings. The first-order chi connectivity index (χ1) is 11.3. The molecule has 0 radical (unpaired) electrons. The van der Waals surface area contributed by atoms with Crippen molar-refractivity contribution in [3.05, 3.63) is 40.3 Å². The number of nitrogens with one attached hydrogen (secondary N) is 1. The molecular formula is C17H20ClN3O2S. The second-order valence-corrected chi connectivity index (χ2v) is 7.21. The molecule has 128 valence electrons. The summed E-state index contributed by atoms with van der Waals surface area (Å²) in [5.74, 6) is 1.10. The molecule has 0 aliphatic heterocycles. The van der Waals surface area contributed by atoms with Gasteiger partial charge in [-0.1, -0.05) is 23.4 Å². The Morgan fingerprint density at radius 1 is 1.25 bits per heavy atom. The lowest BCUT2D eigenvalue weighted by atomic mass is 10.2. The smallest absolute Gasteiger partial charge is 0.237 e. The zero-order valence-corrected chi connectivity index (χ0v) is 15.9. The van der Waals surface area contributed by atoms with Gasteiger partial charge < -0.3 is 10.1 Å². The molecule has 1 N–H and O–H groups in total. The second kappa shape index (κ2) is 7.85. The number of hydrogen-bond acceptors (Lipinski definition) is 5. The van der Waals surface area contributed by atoms with Crippen LogP contribution in [0.15, 0.2) is 23.2 Å². The SMILES string of the molecule is COc1cc(Cl)c(C)cc1NC(=O)C(C)Sc1cc(C)nc(C)n1. The molecule has 0 saturated heterocycles. The van der Waals surface area contributed by atoms with Gasteiger partial charge in [0.2, 0.25) is 5.91 Å². The predicted molar refractivity (Wildman–Crippen MR) is 98.2 cm³/mol. The van der Waals surface area contributed by atoms with E-state index in [1.54, 1.807) is 19.2 Å². The average molecular weight is 366 g/mol. The number of thioether (sulfide) groups is 1. The highest BCUT2D eigenvalue weighted by Gasteiger charge is 2.18. The fourth-order valence-electron chi connectivity index (χ4n) is 2.14. The maximum absolute atomic E-state index is 12.5. The molecule has 1 amide bonds. The number of carbonyl (C=O) groups is 1. The monoisotopic (exact) mass is 365 g/mol. The summed E-state index contributed by atoms with van der Waals surface area (Å²) >= 11 is 7.48. The van der Waals surface area contributed by atoms with Crippen LogP contribution >= 0.6 is 23.4 Å². The van der Waals surface area contributed by atoms with Crippen molar-refractivity contribution >= 4 is 35.0 Å². The number of anilines is 1. The number of methoxy groups -OCH3 is 1. The number of aryl methyl sites for hydroxylation is 3. The van der Waals surface area contributed by atoms with Gasteiger partial charge in [-0.25, -0.2) is 9.97 Å². The molecule has 1 aromatic carbocycles. The lowest BCUT2D eigenvalue weighted by Gasteiger charge is -2.15. The van der Waals surface area contributed by atoms with Crippen LogP contribution in [0.4, 0.5) is 5.69 Å². The molecule has 24 heavy (non-hydrogen) atoms. The molecule has 0 saturated carbocycles. The zero-order valence-electron chi connectivity index (χ0n) is 14.3. The van der Waals surface area contributed by atoms with Gasteiger partial charge in [-0.05, 0) is 45.4 Å². The Morgan fingerprint density at radius 3 is 2.58 bits per heavy atom. The Morgan fingerprint density at radius 2 is 1.96 bits per heavy atom. The summed E-state index contributed by atoms with van der Waals surface area (Å²) in [6, 6.07) is 5.37. The summed E-state index contributed by atoms with van der Waals surface area (Å²) in [5.41, 5.74) is 2.36. The molecule has 5 nitrogen and oxygen atoms in total. The van der Waals surface area contributed by atoms with Gasteiger partial charge in [0, 0.05) is 16.8 Å². The Labute approximate surface area is 151 Å².